The molecule has 1 fully saturated rings. The number of hydrogen-bond acceptors (Lipinski definition) is 2. The van der Waals surface area contributed by atoms with Gasteiger partial charge in [-0.05, 0) is 57.1 Å². The van der Waals surface area contributed by atoms with Gasteiger partial charge in [0.25, 0.3) is 0 Å². The molecule has 1 N–H and O–H groups in total. The lowest BCUT2D eigenvalue weighted by atomic mass is 10.0. The molecule has 1 aromatic rings. The highest BCUT2D eigenvalue weighted by Crippen LogP contribution is 2.19. The summed E-state index contributed by atoms with van der Waals surface area (Å²) in [4.78, 5) is 2.52. The van der Waals surface area contributed by atoms with Crippen LogP contribution >= 0.6 is 11.6 Å². The van der Waals surface area contributed by atoms with Crippen molar-refractivity contribution >= 4 is 11.6 Å². The van der Waals surface area contributed by atoms with E-state index in [0.717, 1.165) is 5.02 Å². The molecule has 1 aliphatic rings. The zero-order valence-corrected chi connectivity index (χ0v) is 12.1. The van der Waals surface area contributed by atoms with E-state index in [-0.39, 0.29) is 0 Å². The Morgan fingerprint density at radius 2 is 1.89 bits per heavy atom. The molecule has 0 radical (unpaired) electrons. The van der Waals surface area contributed by atoms with Crippen molar-refractivity contribution in [1.82, 2.24) is 10.2 Å². The SMILES string of the molecule is CCN1CCC(NC(C)c2ccc(Cl)cc2)CC1. The summed E-state index contributed by atoms with van der Waals surface area (Å²) < 4.78 is 0. The summed E-state index contributed by atoms with van der Waals surface area (Å²) in [7, 11) is 0. The predicted octanol–water partition coefficient (Wildman–Crippen LogP) is 3.47. The van der Waals surface area contributed by atoms with Gasteiger partial charge in [-0.25, -0.2) is 0 Å². The van der Waals surface area contributed by atoms with Crippen LogP contribution in [0.2, 0.25) is 5.02 Å². The fourth-order valence-electron chi connectivity index (χ4n) is 2.62. The Hall–Kier alpha value is -0.570. The Labute approximate surface area is 115 Å². The van der Waals surface area contributed by atoms with E-state index in [0.29, 0.717) is 12.1 Å². The lowest BCUT2D eigenvalue weighted by Crippen LogP contribution is -2.43. The molecule has 2 rings (SSSR count). The predicted molar refractivity (Wildman–Crippen MR) is 78.1 cm³/mol. The fraction of sp³-hybridized carbons (Fsp3) is 0.600. The number of rotatable bonds is 4. The molecule has 100 valence electrons. The summed E-state index contributed by atoms with van der Waals surface area (Å²) in [5, 5.41) is 4.54. The van der Waals surface area contributed by atoms with E-state index >= 15 is 0 Å². The zero-order valence-electron chi connectivity index (χ0n) is 11.3. The molecule has 1 aliphatic heterocycles. The molecule has 1 heterocycles. The number of piperidine rings is 1. The lowest BCUT2D eigenvalue weighted by Gasteiger charge is -2.33. The third kappa shape index (κ3) is 3.71. The van der Waals surface area contributed by atoms with Crippen molar-refractivity contribution in [3.63, 3.8) is 0 Å². The molecule has 0 saturated carbocycles. The van der Waals surface area contributed by atoms with Gasteiger partial charge in [-0.3, -0.25) is 0 Å². The van der Waals surface area contributed by atoms with E-state index in [1.54, 1.807) is 0 Å². The van der Waals surface area contributed by atoms with Gasteiger partial charge in [0.05, 0.1) is 0 Å². The molecule has 0 amide bonds. The topological polar surface area (TPSA) is 15.3 Å². The molecule has 0 aromatic heterocycles. The Kier molecular flexibility index (Phi) is 5.04. The Morgan fingerprint density at radius 1 is 1.28 bits per heavy atom. The average Bonchev–Trinajstić information content (AvgIpc) is 2.40. The molecule has 3 heteroatoms. The molecule has 1 unspecified atom stereocenters. The highest BCUT2D eigenvalue weighted by atomic mass is 35.5. The van der Waals surface area contributed by atoms with Gasteiger partial charge in [-0.15, -0.1) is 0 Å². The van der Waals surface area contributed by atoms with Crippen LogP contribution in [0.15, 0.2) is 24.3 Å². The van der Waals surface area contributed by atoms with Crippen LogP contribution < -0.4 is 5.32 Å². The van der Waals surface area contributed by atoms with Gasteiger partial charge in [-0.1, -0.05) is 30.7 Å². The number of nitrogens with one attached hydrogen (secondary N) is 1. The summed E-state index contributed by atoms with van der Waals surface area (Å²) >= 11 is 5.91. The Bertz CT molecular complexity index is 355. The highest BCUT2D eigenvalue weighted by Gasteiger charge is 2.19. The van der Waals surface area contributed by atoms with Gasteiger partial charge in [0, 0.05) is 17.1 Å². The van der Waals surface area contributed by atoms with Crippen molar-refractivity contribution in [3.05, 3.63) is 34.9 Å². The molecular formula is C15H23ClN2. The van der Waals surface area contributed by atoms with Crippen molar-refractivity contribution < 1.29 is 0 Å². The first kappa shape index (κ1) is 13.9. The van der Waals surface area contributed by atoms with E-state index in [2.05, 4.69) is 36.2 Å². The van der Waals surface area contributed by atoms with Gasteiger partial charge in [0.1, 0.15) is 0 Å². The molecule has 0 bridgehead atoms. The van der Waals surface area contributed by atoms with Gasteiger partial charge >= 0.3 is 0 Å². The van der Waals surface area contributed by atoms with Crippen LogP contribution in [0.1, 0.15) is 38.3 Å². The number of benzene rings is 1. The molecule has 0 spiro atoms. The first-order chi connectivity index (χ1) is 8.69. The van der Waals surface area contributed by atoms with Crippen LogP contribution in [0, 0.1) is 0 Å². The molecule has 1 aromatic carbocycles. The summed E-state index contributed by atoms with van der Waals surface area (Å²) in [6.07, 6.45) is 2.51. The largest absolute Gasteiger partial charge is 0.307 e. The molecule has 2 nitrogen and oxygen atoms in total. The summed E-state index contributed by atoms with van der Waals surface area (Å²) in [5.74, 6) is 0. The van der Waals surface area contributed by atoms with Crippen molar-refractivity contribution in [2.45, 2.75) is 38.8 Å². The van der Waals surface area contributed by atoms with Gasteiger partial charge < -0.3 is 10.2 Å². The monoisotopic (exact) mass is 266 g/mol. The van der Waals surface area contributed by atoms with E-state index in [4.69, 9.17) is 11.6 Å². The fourth-order valence-corrected chi connectivity index (χ4v) is 2.74. The van der Waals surface area contributed by atoms with Gasteiger partial charge in [-0.2, -0.15) is 0 Å². The van der Waals surface area contributed by atoms with E-state index in [1.165, 1.54) is 38.0 Å². The number of nitrogens with zero attached hydrogens (tertiary/aromatic N) is 1. The second kappa shape index (κ2) is 6.55. The van der Waals surface area contributed by atoms with E-state index < -0.39 is 0 Å². The third-order valence-electron chi connectivity index (χ3n) is 3.89. The van der Waals surface area contributed by atoms with Gasteiger partial charge in [0.15, 0.2) is 0 Å². The van der Waals surface area contributed by atoms with Crippen molar-refractivity contribution in [3.8, 4) is 0 Å². The smallest absolute Gasteiger partial charge is 0.0406 e. The number of halogens is 1. The summed E-state index contributed by atoms with van der Waals surface area (Å²) in [5.41, 5.74) is 1.32. The number of hydrogen-bond donors (Lipinski definition) is 1. The first-order valence-electron chi connectivity index (χ1n) is 6.93. The zero-order chi connectivity index (χ0) is 13.0. The normalized spacial score (nSPS) is 19.9. The molecule has 1 atom stereocenters. The summed E-state index contributed by atoms with van der Waals surface area (Å²) in [6, 6.07) is 9.21. The quantitative estimate of drug-likeness (QED) is 0.898. The van der Waals surface area contributed by atoms with Crippen LogP contribution in [-0.2, 0) is 0 Å². The summed E-state index contributed by atoms with van der Waals surface area (Å²) in [6.45, 7) is 8.10. The molecule has 18 heavy (non-hydrogen) atoms. The number of likely N-dealkylation sites (tertiary alicyclic amines) is 1. The second-order valence-corrected chi connectivity index (χ2v) is 5.58. The average molecular weight is 267 g/mol. The van der Waals surface area contributed by atoms with Crippen LogP contribution in [0.5, 0.6) is 0 Å². The van der Waals surface area contributed by atoms with Crippen LogP contribution in [-0.4, -0.2) is 30.6 Å². The maximum Gasteiger partial charge on any atom is 0.0406 e. The highest BCUT2D eigenvalue weighted by molar-refractivity contribution is 6.30. The van der Waals surface area contributed by atoms with Crippen molar-refractivity contribution in [2.75, 3.05) is 19.6 Å². The maximum atomic E-state index is 5.91. The van der Waals surface area contributed by atoms with E-state index in [1.807, 2.05) is 12.1 Å². The minimum Gasteiger partial charge on any atom is -0.307 e. The second-order valence-electron chi connectivity index (χ2n) is 5.15. The minimum absolute atomic E-state index is 0.403. The maximum absolute atomic E-state index is 5.91. The Morgan fingerprint density at radius 3 is 2.44 bits per heavy atom. The van der Waals surface area contributed by atoms with Crippen LogP contribution in [0.25, 0.3) is 0 Å². The van der Waals surface area contributed by atoms with Gasteiger partial charge in [0.2, 0.25) is 0 Å². The van der Waals surface area contributed by atoms with Crippen molar-refractivity contribution in [2.24, 2.45) is 0 Å². The molecular weight excluding hydrogens is 244 g/mol. The molecule has 1 saturated heterocycles. The Balaban J connectivity index is 1.84. The third-order valence-corrected chi connectivity index (χ3v) is 4.14. The van der Waals surface area contributed by atoms with Crippen molar-refractivity contribution in [1.29, 1.82) is 0 Å². The lowest BCUT2D eigenvalue weighted by molar-refractivity contribution is 0.200. The molecule has 0 aliphatic carbocycles. The van der Waals surface area contributed by atoms with E-state index in [9.17, 15) is 0 Å². The standard InChI is InChI=1S/C15H23ClN2/c1-3-18-10-8-15(9-11-18)17-12(2)13-4-6-14(16)7-5-13/h4-7,12,15,17H,3,8-11H2,1-2H3. The first-order valence-corrected chi connectivity index (χ1v) is 7.30. The van der Waals surface area contributed by atoms with Crippen LogP contribution in [0.4, 0.5) is 0 Å². The minimum atomic E-state index is 0.403. The van der Waals surface area contributed by atoms with Crippen LogP contribution in [0.3, 0.4) is 0 Å².